The van der Waals surface area contributed by atoms with Gasteiger partial charge in [-0.15, -0.1) is 0 Å². The molecule has 2 saturated heterocycles. The average molecular weight is 609 g/mol. The lowest BCUT2D eigenvalue weighted by Crippen LogP contribution is -2.46. The van der Waals surface area contributed by atoms with Crippen molar-refractivity contribution in [1.82, 2.24) is 38.8 Å². The van der Waals surface area contributed by atoms with Crippen molar-refractivity contribution in [3.63, 3.8) is 0 Å². The third-order valence-electron chi connectivity index (χ3n) is 8.20. The van der Waals surface area contributed by atoms with Crippen molar-refractivity contribution in [2.24, 2.45) is 5.92 Å². The van der Waals surface area contributed by atoms with Crippen molar-refractivity contribution in [1.29, 1.82) is 0 Å². The Balaban J connectivity index is 1.14. The molecule has 0 bridgehead atoms. The van der Waals surface area contributed by atoms with E-state index in [2.05, 4.69) is 47.5 Å². The lowest BCUT2D eigenvalue weighted by atomic mass is 10.1. The molecule has 3 aromatic rings. The van der Waals surface area contributed by atoms with Gasteiger partial charge in [0, 0.05) is 70.3 Å². The second kappa shape index (κ2) is 12.2. The lowest BCUT2D eigenvalue weighted by Gasteiger charge is -2.33. The second-order valence-electron chi connectivity index (χ2n) is 12.2. The Morgan fingerprint density at radius 1 is 1.05 bits per heavy atom. The van der Waals surface area contributed by atoms with E-state index in [0.29, 0.717) is 53.0 Å². The second-order valence-corrected chi connectivity index (χ2v) is 14.2. The number of amides is 1. The summed E-state index contributed by atoms with van der Waals surface area (Å²) in [5.41, 5.74) is 1.76. The van der Waals surface area contributed by atoms with E-state index in [4.69, 9.17) is 0 Å². The van der Waals surface area contributed by atoms with E-state index in [9.17, 15) is 13.2 Å². The van der Waals surface area contributed by atoms with Gasteiger partial charge in [0.2, 0.25) is 0 Å². The van der Waals surface area contributed by atoms with Crippen LogP contribution in [0.3, 0.4) is 0 Å². The van der Waals surface area contributed by atoms with Crippen LogP contribution in [0.15, 0.2) is 36.9 Å². The number of pyridine rings is 1. The minimum absolute atomic E-state index is 0.00874. The summed E-state index contributed by atoms with van der Waals surface area (Å²) in [5, 5.41) is 10.3. The van der Waals surface area contributed by atoms with E-state index in [0.717, 1.165) is 56.3 Å². The molecule has 6 rings (SSSR count). The Morgan fingerprint density at radius 2 is 1.84 bits per heavy atom. The predicted molar refractivity (Wildman–Crippen MR) is 165 cm³/mol. The molecule has 3 aromatic heterocycles. The van der Waals surface area contributed by atoms with Crippen molar-refractivity contribution in [2.45, 2.75) is 44.4 Å². The maximum atomic E-state index is 13.7. The summed E-state index contributed by atoms with van der Waals surface area (Å²) in [6, 6.07) is 3.64. The molecule has 5 heterocycles. The van der Waals surface area contributed by atoms with Crippen LogP contribution >= 0.6 is 0 Å². The molecular weight excluding hydrogens is 568 g/mol. The highest BCUT2D eigenvalue weighted by atomic mass is 32.2. The Morgan fingerprint density at radius 3 is 2.58 bits per heavy atom. The smallest absolute Gasteiger partial charge is 0.257 e. The van der Waals surface area contributed by atoms with E-state index >= 15 is 0 Å². The largest absolute Gasteiger partial charge is 0.382 e. The SMILES string of the molecule is CC(C)Nc1cc(Nc2ccnc(-c3cnn(S(=O)(=O)C4CC4)c3)n2)ncc1C(=O)N1CC[C@@H](CN2CCN(C)CC2)C1. The number of rotatable bonds is 10. The van der Waals surface area contributed by atoms with Crippen LogP contribution in [0.4, 0.5) is 17.3 Å². The fraction of sp³-hybridized carbons (Fsp3) is 0.552. The van der Waals surface area contributed by atoms with Gasteiger partial charge >= 0.3 is 0 Å². The number of nitrogens with one attached hydrogen (secondary N) is 2. The van der Waals surface area contributed by atoms with Gasteiger partial charge in [0.05, 0.1) is 34.5 Å². The number of aromatic nitrogens is 5. The van der Waals surface area contributed by atoms with E-state index in [-0.39, 0.29) is 17.2 Å². The van der Waals surface area contributed by atoms with Gasteiger partial charge < -0.3 is 25.3 Å². The minimum Gasteiger partial charge on any atom is -0.382 e. The number of hydrogen-bond acceptors (Lipinski definition) is 11. The molecule has 2 N–H and O–H groups in total. The number of carbonyl (C=O) groups is 1. The molecule has 0 spiro atoms. The third kappa shape index (κ3) is 6.81. The molecule has 14 heteroatoms. The molecule has 3 fully saturated rings. The van der Waals surface area contributed by atoms with Crippen molar-refractivity contribution in [2.75, 3.05) is 63.5 Å². The zero-order valence-electron chi connectivity index (χ0n) is 25.0. The summed E-state index contributed by atoms with van der Waals surface area (Å²) < 4.78 is 26.1. The van der Waals surface area contributed by atoms with Crippen LogP contribution in [-0.4, -0.2) is 117 Å². The summed E-state index contributed by atoms with van der Waals surface area (Å²) >= 11 is 0. The Hall–Kier alpha value is -3.62. The number of anilines is 3. The Labute approximate surface area is 252 Å². The van der Waals surface area contributed by atoms with Gasteiger partial charge in [-0.3, -0.25) is 4.79 Å². The van der Waals surface area contributed by atoms with Gasteiger partial charge in [0.1, 0.15) is 11.6 Å². The summed E-state index contributed by atoms with van der Waals surface area (Å²) in [7, 11) is -1.31. The van der Waals surface area contributed by atoms with Gasteiger partial charge in [0.15, 0.2) is 5.82 Å². The number of hydrogen-bond donors (Lipinski definition) is 2. The van der Waals surface area contributed by atoms with Gasteiger partial charge in [0.25, 0.3) is 15.9 Å². The first-order chi connectivity index (χ1) is 20.7. The zero-order chi connectivity index (χ0) is 30.1. The highest BCUT2D eigenvalue weighted by Crippen LogP contribution is 2.31. The van der Waals surface area contributed by atoms with Gasteiger partial charge in [-0.25, -0.2) is 23.4 Å². The summed E-state index contributed by atoms with van der Waals surface area (Å²) in [6.45, 7) is 11.0. The van der Waals surface area contributed by atoms with Crippen LogP contribution < -0.4 is 10.6 Å². The summed E-state index contributed by atoms with van der Waals surface area (Å²) in [4.78, 5) is 33.9. The van der Waals surface area contributed by atoms with Crippen molar-refractivity contribution < 1.29 is 13.2 Å². The van der Waals surface area contributed by atoms with Crippen LogP contribution in [0.1, 0.15) is 43.5 Å². The first-order valence-corrected chi connectivity index (χ1v) is 16.5. The van der Waals surface area contributed by atoms with Gasteiger partial charge in [-0.2, -0.15) is 9.19 Å². The number of nitrogens with zero attached hydrogens (tertiary/aromatic N) is 8. The van der Waals surface area contributed by atoms with Crippen LogP contribution in [0, 0.1) is 5.92 Å². The molecule has 0 aromatic carbocycles. The van der Waals surface area contributed by atoms with Crippen molar-refractivity contribution >= 4 is 33.3 Å². The number of likely N-dealkylation sites (N-methyl/N-ethyl adjacent to an activating group) is 1. The van der Waals surface area contributed by atoms with E-state index in [1.54, 1.807) is 18.5 Å². The number of likely N-dealkylation sites (tertiary alicyclic amines) is 1. The topological polar surface area (TPSA) is 141 Å². The fourth-order valence-electron chi connectivity index (χ4n) is 5.63. The average Bonchev–Trinajstić information content (AvgIpc) is 3.54. The third-order valence-corrected chi connectivity index (χ3v) is 10.2. The molecule has 0 radical (unpaired) electrons. The highest BCUT2D eigenvalue weighted by Gasteiger charge is 2.38. The van der Waals surface area contributed by atoms with Crippen LogP contribution in [0.2, 0.25) is 0 Å². The minimum atomic E-state index is -3.47. The van der Waals surface area contributed by atoms with E-state index in [1.807, 2.05) is 24.8 Å². The first-order valence-electron chi connectivity index (χ1n) is 15.0. The number of piperazine rings is 1. The Kier molecular flexibility index (Phi) is 8.34. The van der Waals surface area contributed by atoms with E-state index in [1.165, 1.54) is 12.4 Å². The van der Waals surface area contributed by atoms with Crippen LogP contribution in [-0.2, 0) is 10.0 Å². The van der Waals surface area contributed by atoms with Crippen molar-refractivity contribution in [3.8, 4) is 11.4 Å². The molecular formula is C29H40N10O3S. The fourth-order valence-corrected chi connectivity index (χ4v) is 7.11. The molecule has 3 aliphatic rings. The summed E-state index contributed by atoms with van der Waals surface area (Å²) in [5.74, 6) is 1.82. The standard InChI is InChI=1S/C29H40N10O3S/c1-20(2)33-25-14-27(31-16-24(25)29(40)38-9-7-21(18-38)17-37-12-10-36(3)11-13-37)34-26-6-8-30-28(35-26)22-15-32-39(19-22)43(41,42)23-4-5-23/h6,8,14-16,19-21,23H,4-5,7,9-13,17-18H2,1-3H3,(H2,30,31,33,34,35)/t21-/m0/s1. The monoisotopic (exact) mass is 608 g/mol. The maximum Gasteiger partial charge on any atom is 0.257 e. The molecule has 1 aliphatic carbocycles. The van der Waals surface area contributed by atoms with Gasteiger partial charge in [-0.05, 0) is 52.1 Å². The lowest BCUT2D eigenvalue weighted by molar-refractivity contribution is 0.0779. The first kappa shape index (κ1) is 29.5. The molecule has 0 unspecified atom stereocenters. The van der Waals surface area contributed by atoms with Gasteiger partial charge in [-0.1, -0.05) is 0 Å². The maximum absolute atomic E-state index is 13.7. The number of carbonyl (C=O) groups excluding carboxylic acids is 1. The molecule has 1 saturated carbocycles. The Bertz CT molecular complexity index is 1560. The predicted octanol–water partition coefficient (Wildman–Crippen LogP) is 2.35. The zero-order valence-corrected chi connectivity index (χ0v) is 25.8. The molecule has 2 aliphatic heterocycles. The normalized spacial score (nSPS) is 20.1. The summed E-state index contributed by atoms with van der Waals surface area (Å²) in [6.07, 6.45) is 8.45. The van der Waals surface area contributed by atoms with Crippen LogP contribution in [0.25, 0.3) is 11.4 Å². The van der Waals surface area contributed by atoms with E-state index < -0.39 is 10.0 Å². The quantitative estimate of drug-likeness (QED) is 0.350. The molecule has 1 amide bonds. The molecule has 230 valence electrons. The molecule has 1 atom stereocenters. The molecule has 43 heavy (non-hydrogen) atoms. The molecule has 13 nitrogen and oxygen atoms in total. The van der Waals surface area contributed by atoms with Crippen molar-refractivity contribution in [3.05, 3.63) is 42.5 Å². The highest BCUT2D eigenvalue weighted by molar-refractivity contribution is 7.90. The van der Waals surface area contributed by atoms with Crippen LogP contribution in [0.5, 0.6) is 0 Å².